The van der Waals surface area contributed by atoms with Crippen molar-refractivity contribution in [2.75, 3.05) is 0 Å². The van der Waals surface area contributed by atoms with Crippen molar-refractivity contribution in [3.63, 3.8) is 0 Å². The van der Waals surface area contributed by atoms with Gasteiger partial charge in [-0.15, -0.1) is 0 Å². The molecule has 0 saturated heterocycles. The van der Waals surface area contributed by atoms with Gasteiger partial charge in [-0.25, -0.2) is 4.79 Å². The summed E-state index contributed by atoms with van der Waals surface area (Å²) < 4.78 is 17.7. The molecule has 0 spiro atoms. The second kappa shape index (κ2) is 5.59. The van der Waals surface area contributed by atoms with Crippen LogP contribution in [0.1, 0.15) is 50.5 Å². The highest BCUT2D eigenvalue weighted by Crippen LogP contribution is 2.52. The van der Waals surface area contributed by atoms with E-state index >= 15 is 0 Å². The van der Waals surface area contributed by atoms with Gasteiger partial charge >= 0.3 is 5.63 Å². The highest BCUT2D eigenvalue weighted by molar-refractivity contribution is 5.97. The Bertz CT molecular complexity index is 984. The maximum absolute atomic E-state index is 12.0. The molecule has 3 heterocycles. The van der Waals surface area contributed by atoms with Crippen LogP contribution in [-0.4, -0.2) is 21.9 Å². The van der Waals surface area contributed by atoms with Crippen molar-refractivity contribution in [3.8, 4) is 11.5 Å². The fourth-order valence-electron chi connectivity index (χ4n) is 3.64. The Kier molecular flexibility index (Phi) is 3.68. The summed E-state index contributed by atoms with van der Waals surface area (Å²) in [5.74, 6) is 0.778. The monoisotopic (exact) mass is 358 g/mol. The number of hydrogen-bond acceptors (Lipinski definition) is 6. The summed E-state index contributed by atoms with van der Waals surface area (Å²) in [6.07, 6.45) is 2.74. The third-order valence-corrected chi connectivity index (χ3v) is 5.27. The molecule has 0 fully saturated rings. The van der Waals surface area contributed by atoms with E-state index in [1.807, 2.05) is 39.8 Å². The van der Waals surface area contributed by atoms with E-state index in [1.54, 1.807) is 0 Å². The topological polar surface area (TPSA) is 89.1 Å². The Hall–Kier alpha value is -2.31. The predicted octanol–water partition coefficient (Wildman–Crippen LogP) is 2.92. The van der Waals surface area contributed by atoms with Crippen LogP contribution < -0.4 is 15.1 Å². The van der Waals surface area contributed by atoms with E-state index in [0.29, 0.717) is 33.6 Å². The lowest BCUT2D eigenvalue weighted by Gasteiger charge is -2.37. The van der Waals surface area contributed by atoms with Gasteiger partial charge in [0, 0.05) is 12.0 Å². The lowest BCUT2D eigenvalue weighted by atomic mass is 9.85. The van der Waals surface area contributed by atoms with Crippen LogP contribution in [0.15, 0.2) is 21.4 Å². The Morgan fingerprint density at radius 1 is 1.23 bits per heavy atom. The molecule has 26 heavy (non-hydrogen) atoms. The van der Waals surface area contributed by atoms with Crippen molar-refractivity contribution in [2.24, 2.45) is 5.92 Å². The first-order chi connectivity index (χ1) is 12.2. The Labute approximate surface area is 150 Å². The summed E-state index contributed by atoms with van der Waals surface area (Å²) in [5.41, 5.74) is 0.585. The van der Waals surface area contributed by atoms with Gasteiger partial charge in [-0.05, 0) is 38.5 Å². The normalized spacial score (nSPS) is 26.0. The maximum atomic E-state index is 12.0. The van der Waals surface area contributed by atoms with Crippen LogP contribution in [-0.2, 0) is 6.61 Å². The fraction of sp³-hybridized carbons (Fsp3) is 0.450. The summed E-state index contributed by atoms with van der Waals surface area (Å²) in [6, 6.07) is 1.26. The minimum atomic E-state index is -0.859. The van der Waals surface area contributed by atoms with Gasteiger partial charge in [0.2, 0.25) is 0 Å². The number of benzene rings is 1. The summed E-state index contributed by atoms with van der Waals surface area (Å²) in [7, 11) is 0. The van der Waals surface area contributed by atoms with Gasteiger partial charge in [0.25, 0.3) is 0 Å². The standard InChI is InChI=1S/C20H22O6/c1-9-10(2)24-17-12-5-6-20(3,4)26-18(12)14-11(8-21)7-13(22)25-19(14)15(17)16(9)23/h5-7,9-10,16,21,23H,8H2,1-4H3/t9-,10-,16-/m1/s1. The lowest BCUT2D eigenvalue weighted by Crippen LogP contribution is -2.34. The predicted molar refractivity (Wildman–Crippen MR) is 96.4 cm³/mol. The third-order valence-electron chi connectivity index (χ3n) is 5.27. The van der Waals surface area contributed by atoms with E-state index in [0.717, 1.165) is 0 Å². The van der Waals surface area contributed by atoms with Crippen molar-refractivity contribution >= 4 is 17.0 Å². The molecule has 0 aliphatic carbocycles. The van der Waals surface area contributed by atoms with Crippen molar-refractivity contribution in [2.45, 2.75) is 52.1 Å². The van der Waals surface area contributed by atoms with E-state index in [9.17, 15) is 15.0 Å². The minimum Gasteiger partial charge on any atom is -0.489 e. The average molecular weight is 358 g/mol. The number of fused-ring (bicyclic) bond motifs is 6. The smallest absolute Gasteiger partial charge is 0.336 e. The van der Waals surface area contributed by atoms with E-state index in [4.69, 9.17) is 13.9 Å². The quantitative estimate of drug-likeness (QED) is 0.762. The molecule has 0 radical (unpaired) electrons. The lowest BCUT2D eigenvalue weighted by molar-refractivity contribution is 0.0173. The van der Waals surface area contributed by atoms with Gasteiger partial charge < -0.3 is 24.1 Å². The molecule has 2 aromatic rings. The van der Waals surface area contributed by atoms with E-state index in [1.165, 1.54) is 6.07 Å². The Balaban J connectivity index is 2.19. The molecule has 6 heteroatoms. The van der Waals surface area contributed by atoms with Gasteiger partial charge in [-0.1, -0.05) is 6.92 Å². The Morgan fingerprint density at radius 3 is 2.65 bits per heavy atom. The molecule has 4 rings (SSSR count). The summed E-state index contributed by atoms with van der Waals surface area (Å²) >= 11 is 0. The largest absolute Gasteiger partial charge is 0.489 e. The zero-order valence-electron chi connectivity index (χ0n) is 15.2. The molecule has 0 saturated carbocycles. The molecule has 3 atom stereocenters. The summed E-state index contributed by atoms with van der Waals surface area (Å²) in [5, 5.41) is 21.2. The van der Waals surface area contributed by atoms with E-state index < -0.39 is 17.3 Å². The molecule has 6 nitrogen and oxygen atoms in total. The molecular formula is C20H22O6. The highest BCUT2D eigenvalue weighted by atomic mass is 16.5. The molecule has 2 N–H and O–H groups in total. The number of hydrogen-bond donors (Lipinski definition) is 2. The SMILES string of the molecule is C[C@@H]1[C@@H](C)Oc2c3c(c4c(CO)cc(=O)oc4c2[C@@H]1O)OC(C)(C)C=C3. The van der Waals surface area contributed by atoms with Gasteiger partial charge in [0.05, 0.1) is 29.2 Å². The second-order valence-corrected chi connectivity index (χ2v) is 7.60. The van der Waals surface area contributed by atoms with Crippen LogP contribution in [0.3, 0.4) is 0 Å². The Morgan fingerprint density at radius 2 is 1.96 bits per heavy atom. The molecule has 2 aliphatic heterocycles. The number of aliphatic hydroxyl groups excluding tert-OH is 2. The first-order valence-corrected chi connectivity index (χ1v) is 8.74. The van der Waals surface area contributed by atoms with Crippen LogP contribution in [0.25, 0.3) is 17.0 Å². The molecule has 1 aromatic carbocycles. The molecule has 0 bridgehead atoms. The van der Waals surface area contributed by atoms with Crippen LogP contribution in [0, 0.1) is 5.92 Å². The summed E-state index contributed by atoms with van der Waals surface area (Å²) in [4.78, 5) is 12.0. The molecule has 2 aliphatic rings. The third kappa shape index (κ3) is 2.36. The maximum Gasteiger partial charge on any atom is 0.336 e. The first kappa shape index (κ1) is 17.1. The average Bonchev–Trinajstić information content (AvgIpc) is 2.57. The van der Waals surface area contributed by atoms with Gasteiger partial charge in [0.1, 0.15) is 23.2 Å². The number of ether oxygens (including phenoxy) is 2. The van der Waals surface area contributed by atoms with Crippen LogP contribution in [0.4, 0.5) is 0 Å². The van der Waals surface area contributed by atoms with Crippen molar-refractivity contribution in [1.82, 2.24) is 0 Å². The van der Waals surface area contributed by atoms with Crippen molar-refractivity contribution in [1.29, 1.82) is 0 Å². The zero-order chi connectivity index (χ0) is 18.8. The van der Waals surface area contributed by atoms with Crippen LogP contribution in [0.2, 0.25) is 0 Å². The van der Waals surface area contributed by atoms with E-state index in [-0.39, 0.29) is 24.2 Å². The van der Waals surface area contributed by atoms with Gasteiger partial charge in [0.15, 0.2) is 5.58 Å². The van der Waals surface area contributed by atoms with Crippen molar-refractivity contribution in [3.05, 3.63) is 39.3 Å². The van der Waals surface area contributed by atoms with Crippen LogP contribution >= 0.6 is 0 Å². The van der Waals surface area contributed by atoms with Gasteiger partial charge in [-0.3, -0.25) is 0 Å². The second-order valence-electron chi connectivity index (χ2n) is 7.60. The van der Waals surface area contributed by atoms with E-state index in [2.05, 4.69) is 0 Å². The molecular weight excluding hydrogens is 336 g/mol. The number of aliphatic hydroxyl groups is 2. The van der Waals surface area contributed by atoms with Crippen molar-refractivity contribution < 1.29 is 24.1 Å². The van der Waals surface area contributed by atoms with Crippen LogP contribution in [0.5, 0.6) is 11.5 Å². The first-order valence-electron chi connectivity index (χ1n) is 8.74. The highest BCUT2D eigenvalue weighted by Gasteiger charge is 2.39. The molecule has 138 valence electrons. The fourth-order valence-corrected chi connectivity index (χ4v) is 3.64. The summed E-state index contributed by atoms with van der Waals surface area (Å²) in [6.45, 7) is 7.26. The molecule has 0 unspecified atom stereocenters. The molecule has 0 amide bonds. The minimum absolute atomic E-state index is 0.184. The molecule has 1 aromatic heterocycles. The number of rotatable bonds is 1. The zero-order valence-corrected chi connectivity index (χ0v) is 15.2. The van der Waals surface area contributed by atoms with Gasteiger partial charge in [-0.2, -0.15) is 0 Å².